The van der Waals surface area contributed by atoms with Gasteiger partial charge in [0.25, 0.3) is 5.91 Å². The number of nitrogens with zero attached hydrogens (tertiary/aromatic N) is 1. The highest BCUT2D eigenvalue weighted by Gasteiger charge is 2.44. The molecule has 0 bridgehead atoms. The normalized spacial score (nSPS) is 17.8. The standard InChI is InChI=1S/C25H38N2O6/c1-5-6-7-15-26-23(30)25(14-13-21(29)33-24(2,3)4)18-32-22(27-25)19-9-11-20(12-10-19)31-17-8-16-28/h9-12,28H,5-8,13-18H2,1-4H3,(H,26,30)/t25-/m1/s1. The van der Waals surface area contributed by atoms with Gasteiger partial charge in [-0.1, -0.05) is 19.8 Å². The van der Waals surface area contributed by atoms with Gasteiger partial charge in [-0.15, -0.1) is 0 Å². The van der Waals surface area contributed by atoms with Gasteiger partial charge in [0.1, 0.15) is 18.0 Å². The van der Waals surface area contributed by atoms with E-state index < -0.39 is 11.1 Å². The maximum Gasteiger partial charge on any atom is 0.306 e. The molecule has 0 saturated heterocycles. The molecule has 2 N–H and O–H groups in total. The molecule has 8 nitrogen and oxygen atoms in total. The van der Waals surface area contributed by atoms with E-state index in [-0.39, 0.29) is 37.9 Å². The summed E-state index contributed by atoms with van der Waals surface area (Å²) in [6, 6.07) is 7.22. The fourth-order valence-corrected chi connectivity index (χ4v) is 3.34. The van der Waals surface area contributed by atoms with Crippen molar-refractivity contribution in [2.24, 2.45) is 4.99 Å². The molecule has 1 aromatic carbocycles. The van der Waals surface area contributed by atoms with Crippen LogP contribution >= 0.6 is 0 Å². The molecule has 0 fully saturated rings. The van der Waals surface area contributed by atoms with E-state index in [9.17, 15) is 9.59 Å². The van der Waals surface area contributed by atoms with Crippen molar-refractivity contribution in [2.45, 2.75) is 77.4 Å². The molecule has 1 aromatic rings. The van der Waals surface area contributed by atoms with Gasteiger partial charge in [0.05, 0.1) is 6.61 Å². The van der Waals surface area contributed by atoms with E-state index in [1.807, 2.05) is 32.9 Å². The zero-order valence-electron chi connectivity index (χ0n) is 20.3. The van der Waals surface area contributed by atoms with Gasteiger partial charge in [-0.3, -0.25) is 9.59 Å². The van der Waals surface area contributed by atoms with Crippen LogP contribution in [0.4, 0.5) is 0 Å². The predicted octanol–water partition coefficient (Wildman–Crippen LogP) is 3.39. The molecule has 1 aliphatic rings. The Balaban J connectivity index is 2.13. The average molecular weight is 463 g/mol. The van der Waals surface area contributed by atoms with E-state index in [0.717, 1.165) is 24.8 Å². The second kappa shape index (κ2) is 12.6. The van der Waals surface area contributed by atoms with Crippen LogP contribution in [-0.2, 0) is 19.1 Å². The Morgan fingerprint density at radius 1 is 1.18 bits per heavy atom. The summed E-state index contributed by atoms with van der Waals surface area (Å²) in [6.45, 7) is 8.68. The van der Waals surface area contributed by atoms with E-state index in [1.54, 1.807) is 12.1 Å². The topological polar surface area (TPSA) is 106 Å². The smallest absolute Gasteiger partial charge is 0.306 e. The van der Waals surface area contributed by atoms with Crippen molar-refractivity contribution in [3.8, 4) is 5.75 Å². The number of carbonyl (C=O) groups excluding carboxylic acids is 2. The highest BCUT2D eigenvalue weighted by molar-refractivity contribution is 6.00. The summed E-state index contributed by atoms with van der Waals surface area (Å²) in [7, 11) is 0. The predicted molar refractivity (Wildman–Crippen MR) is 126 cm³/mol. The minimum atomic E-state index is -1.17. The molecule has 8 heteroatoms. The Morgan fingerprint density at radius 2 is 1.91 bits per heavy atom. The zero-order chi connectivity index (χ0) is 24.3. The summed E-state index contributed by atoms with van der Waals surface area (Å²) < 4.78 is 16.8. The summed E-state index contributed by atoms with van der Waals surface area (Å²) in [4.78, 5) is 30.1. The summed E-state index contributed by atoms with van der Waals surface area (Å²) in [5, 5.41) is 11.8. The number of esters is 1. The third-order valence-electron chi connectivity index (χ3n) is 5.09. The number of aliphatic hydroxyl groups is 1. The monoisotopic (exact) mass is 462 g/mol. The second-order valence-corrected chi connectivity index (χ2v) is 9.24. The first kappa shape index (κ1) is 26.6. The van der Waals surface area contributed by atoms with Crippen molar-refractivity contribution in [3.63, 3.8) is 0 Å². The molecule has 0 unspecified atom stereocenters. The molecule has 0 saturated carbocycles. The number of benzene rings is 1. The number of nitrogens with one attached hydrogen (secondary N) is 1. The van der Waals surface area contributed by atoms with Crippen molar-refractivity contribution < 1.29 is 28.9 Å². The maximum absolute atomic E-state index is 13.1. The van der Waals surface area contributed by atoms with E-state index in [2.05, 4.69) is 17.2 Å². The van der Waals surface area contributed by atoms with Crippen molar-refractivity contribution >= 4 is 17.8 Å². The number of hydrogen-bond donors (Lipinski definition) is 2. The molecule has 1 aliphatic heterocycles. The zero-order valence-corrected chi connectivity index (χ0v) is 20.3. The lowest BCUT2D eigenvalue weighted by Gasteiger charge is -2.24. The minimum absolute atomic E-state index is 0.0669. The number of aliphatic hydroxyl groups excluding tert-OH is 1. The molecule has 0 aliphatic carbocycles. The fraction of sp³-hybridized carbons (Fsp3) is 0.640. The molecular weight excluding hydrogens is 424 g/mol. The van der Waals surface area contributed by atoms with E-state index in [0.29, 0.717) is 31.2 Å². The van der Waals surface area contributed by atoms with Crippen LogP contribution in [0.25, 0.3) is 0 Å². The van der Waals surface area contributed by atoms with Crippen LogP contribution in [0.3, 0.4) is 0 Å². The molecule has 1 heterocycles. The van der Waals surface area contributed by atoms with Crippen molar-refractivity contribution in [1.82, 2.24) is 5.32 Å². The van der Waals surface area contributed by atoms with Gasteiger partial charge in [0.2, 0.25) is 5.90 Å². The molecule has 1 atom stereocenters. The van der Waals surface area contributed by atoms with Crippen molar-refractivity contribution in [2.75, 3.05) is 26.4 Å². The van der Waals surface area contributed by atoms with Gasteiger partial charge < -0.3 is 24.6 Å². The van der Waals surface area contributed by atoms with Crippen molar-refractivity contribution in [1.29, 1.82) is 0 Å². The van der Waals surface area contributed by atoms with E-state index in [1.165, 1.54) is 0 Å². The summed E-state index contributed by atoms with van der Waals surface area (Å²) in [5.41, 5.74) is -1.04. The largest absolute Gasteiger partial charge is 0.494 e. The Morgan fingerprint density at radius 3 is 2.55 bits per heavy atom. The first-order valence-electron chi connectivity index (χ1n) is 11.8. The number of hydrogen-bond acceptors (Lipinski definition) is 7. The Hall–Kier alpha value is -2.61. The third-order valence-corrected chi connectivity index (χ3v) is 5.09. The Kier molecular flexibility index (Phi) is 10.2. The number of carbonyl (C=O) groups is 2. The third kappa shape index (κ3) is 8.68. The summed E-state index contributed by atoms with van der Waals surface area (Å²) in [5.74, 6) is 0.440. The van der Waals surface area contributed by atoms with Gasteiger partial charge in [0.15, 0.2) is 5.54 Å². The van der Waals surface area contributed by atoms with Gasteiger partial charge in [0, 0.05) is 31.6 Å². The van der Waals surface area contributed by atoms with Crippen molar-refractivity contribution in [3.05, 3.63) is 29.8 Å². The van der Waals surface area contributed by atoms with Crippen LogP contribution in [0.2, 0.25) is 0 Å². The fourth-order valence-electron chi connectivity index (χ4n) is 3.34. The Bertz CT molecular complexity index is 800. The highest BCUT2D eigenvalue weighted by atomic mass is 16.6. The maximum atomic E-state index is 13.1. The lowest BCUT2D eigenvalue weighted by atomic mass is 9.94. The first-order valence-corrected chi connectivity index (χ1v) is 11.8. The quantitative estimate of drug-likeness (QED) is 0.344. The molecule has 0 radical (unpaired) electrons. The summed E-state index contributed by atoms with van der Waals surface area (Å²) >= 11 is 0. The average Bonchev–Trinajstić information content (AvgIpc) is 3.21. The minimum Gasteiger partial charge on any atom is -0.494 e. The Labute approximate surface area is 196 Å². The SMILES string of the molecule is CCCCCNC(=O)[C@@]1(CCC(=O)OC(C)(C)C)COC(c2ccc(OCCCO)cc2)=N1. The highest BCUT2D eigenvalue weighted by Crippen LogP contribution is 2.29. The van der Waals surface area contributed by atoms with Crippen LogP contribution in [0, 0.1) is 0 Å². The van der Waals surface area contributed by atoms with E-state index >= 15 is 0 Å². The molecule has 2 rings (SSSR count). The lowest BCUT2D eigenvalue weighted by molar-refractivity contribution is -0.155. The number of unbranched alkanes of at least 4 members (excludes halogenated alkanes) is 2. The molecular formula is C25H38N2O6. The number of rotatable bonds is 13. The second-order valence-electron chi connectivity index (χ2n) is 9.24. The van der Waals surface area contributed by atoms with Gasteiger partial charge >= 0.3 is 5.97 Å². The molecule has 0 spiro atoms. The van der Waals surface area contributed by atoms with Crippen LogP contribution in [0.5, 0.6) is 5.75 Å². The number of amides is 1. The number of aliphatic imine (C=N–C) groups is 1. The van der Waals surface area contributed by atoms with Gasteiger partial charge in [-0.25, -0.2) is 4.99 Å². The first-order chi connectivity index (χ1) is 15.7. The van der Waals surface area contributed by atoms with Gasteiger partial charge in [-0.2, -0.15) is 0 Å². The van der Waals surface area contributed by atoms with Crippen LogP contribution in [0.1, 0.15) is 71.8 Å². The lowest BCUT2D eigenvalue weighted by Crippen LogP contribution is -2.47. The molecule has 33 heavy (non-hydrogen) atoms. The van der Waals surface area contributed by atoms with Crippen LogP contribution in [0.15, 0.2) is 29.3 Å². The molecule has 184 valence electrons. The summed E-state index contributed by atoms with van der Waals surface area (Å²) in [6.07, 6.45) is 3.81. The molecule has 1 amide bonds. The van der Waals surface area contributed by atoms with E-state index in [4.69, 9.17) is 19.3 Å². The van der Waals surface area contributed by atoms with Gasteiger partial charge in [-0.05, 0) is 57.9 Å². The number of ether oxygens (including phenoxy) is 3. The van der Waals surface area contributed by atoms with Crippen LogP contribution in [-0.4, -0.2) is 60.4 Å². The van der Waals surface area contributed by atoms with Crippen LogP contribution < -0.4 is 10.1 Å². The molecule has 0 aromatic heterocycles.